The van der Waals surface area contributed by atoms with Crippen molar-refractivity contribution in [1.82, 2.24) is 4.90 Å². The molecule has 1 heterocycles. The lowest BCUT2D eigenvalue weighted by Crippen LogP contribution is -2.34. The molecule has 2 nitrogen and oxygen atoms in total. The standard InChI is InChI=1S/C8H13F2NO/c1-11-3-5-2-8(9,10)7(12)6(5)4-11/h5-7,12H,2-4H2,1H3/t5-,6+,7+/m0/s1. The highest BCUT2D eigenvalue weighted by molar-refractivity contribution is 5.01. The fraction of sp³-hybridized carbons (Fsp3) is 1.00. The average molecular weight is 177 g/mol. The van der Waals surface area contributed by atoms with Gasteiger partial charge < -0.3 is 10.0 Å². The minimum atomic E-state index is -2.84. The summed E-state index contributed by atoms with van der Waals surface area (Å²) in [4.78, 5) is 2.01. The van der Waals surface area contributed by atoms with E-state index >= 15 is 0 Å². The largest absolute Gasteiger partial charge is 0.387 e. The van der Waals surface area contributed by atoms with E-state index in [0.29, 0.717) is 13.1 Å². The molecule has 12 heavy (non-hydrogen) atoms. The van der Waals surface area contributed by atoms with Gasteiger partial charge in [0.1, 0.15) is 6.10 Å². The number of aliphatic hydroxyl groups excluding tert-OH is 1. The van der Waals surface area contributed by atoms with E-state index in [2.05, 4.69) is 0 Å². The maximum absolute atomic E-state index is 12.9. The van der Waals surface area contributed by atoms with Crippen molar-refractivity contribution in [2.75, 3.05) is 20.1 Å². The van der Waals surface area contributed by atoms with Gasteiger partial charge in [-0.05, 0) is 13.0 Å². The molecule has 0 bridgehead atoms. The van der Waals surface area contributed by atoms with Gasteiger partial charge in [0.2, 0.25) is 0 Å². The first kappa shape index (κ1) is 8.38. The zero-order valence-electron chi connectivity index (χ0n) is 7.00. The third-order valence-electron chi connectivity index (χ3n) is 3.05. The molecule has 0 aromatic heterocycles. The predicted octanol–water partition coefficient (Wildman–Crippen LogP) is 0.564. The third kappa shape index (κ3) is 1.05. The van der Waals surface area contributed by atoms with Crippen molar-refractivity contribution >= 4 is 0 Å². The van der Waals surface area contributed by atoms with Gasteiger partial charge in [0.25, 0.3) is 5.92 Å². The van der Waals surface area contributed by atoms with Crippen molar-refractivity contribution in [3.8, 4) is 0 Å². The summed E-state index contributed by atoms with van der Waals surface area (Å²) < 4.78 is 25.8. The van der Waals surface area contributed by atoms with Crippen molar-refractivity contribution in [2.24, 2.45) is 11.8 Å². The summed E-state index contributed by atoms with van der Waals surface area (Å²) >= 11 is 0. The van der Waals surface area contributed by atoms with E-state index in [4.69, 9.17) is 0 Å². The number of rotatable bonds is 0. The lowest BCUT2D eigenvalue weighted by Gasteiger charge is -2.19. The number of aliphatic hydroxyl groups is 1. The molecule has 1 aliphatic heterocycles. The van der Waals surface area contributed by atoms with Crippen molar-refractivity contribution in [3.63, 3.8) is 0 Å². The molecule has 1 saturated carbocycles. The van der Waals surface area contributed by atoms with E-state index in [-0.39, 0.29) is 18.3 Å². The second-order valence-corrected chi connectivity index (χ2v) is 4.06. The van der Waals surface area contributed by atoms with Crippen LogP contribution in [0.25, 0.3) is 0 Å². The molecule has 1 aliphatic carbocycles. The van der Waals surface area contributed by atoms with Crippen LogP contribution in [-0.4, -0.2) is 42.2 Å². The van der Waals surface area contributed by atoms with Crippen LogP contribution in [0.5, 0.6) is 0 Å². The molecule has 2 aliphatic rings. The molecule has 0 unspecified atom stereocenters. The minimum absolute atomic E-state index is 0.000000000000000444. The quantitative estimate of drug-likeness (QED) is 0.584. The van der Waals surface area contributed by atoms with E-state index in [1.54, 1.807) is 0 Å². The summed E-state index contributed by atoms with van der Waals surface area (Å²) in [6.07, 6.45) is -1.55. The molecule has 0 radical (unpaired) electrons. The van der Waals surface area contributed by atoms with Crippen LogP contribution in [0.4, 0.5) is 8.78 Å². The molecular weight excluding hydrogens is 164 g/mol. The fourth-order valence-electron chi connectivity index (χ4n) is 2.48. The van der Waals surface area contributed by atoms with Crippen molar-refractivity contribution in [2.45, 2.75) is 18.4 Å². The first-order valence-electron chi connectivity index (χ1n) is 4.25. The first-order valence-corrected chi connectivity index (χ1v) is 4.25. The summed E-state index contributed by atoms with van der Waals surface area (Å²) in [7, 11) is 1.91. The number of halogens is 2. The summed E-state index contributed by atoms with van der Waals surface area (Å²) in [5, 5.41) is 9.27. The highest BCUT2D eigenvalue weighted by atomic mass is 19.3. The Hall–Kier alpha value is -0.220. The molecule has 3 atom stereocenters. The van der Waals surface area contributed by atoms with E-state index in [1.807, 2.05) is 11.9 Å². The van der Waals surface area contributed by atoms with Crippen LogP contribution in [0.15, 0.2) is 0 Å². The maximum Gasteiger partial charge on any atom is 0.274 e. The molecule has 0 amide bonds. The zero-order valence-corrected chi connectivity index (χ0v) is 7.00. The minimum Gasteiger partial charge on any atom is -0.387 e. The van der Waals surface area contributed by atoms with Gasteiger partial charge in [-0.3, -0.25) is 0 Å². The lowest BCUT2D eigenvalue weighted by atomic mass is 9.99. The summed E-state index contributed by atoms with van der Waals surface area (Å²) in [5.74, 6) is -3.04. The smallest absolute Gasteiger partial charge is 0.274 e. The highest BCUT2D eigenvalue weighted by Crippen LogP contribution is 2.46. The van der Waals surface area contributed by atoms with Gasteiger partial charge >= 0.3 is 0 Å². The van der Waals surface area contributed by atoms with Crippen LogP contribution in [0, 0.1) is 11.8 Å². The Bertz CT molecular complexity index is 197. The Morgan fingerprint density at radius 3 is 2.67 bits per heavy atom. The molecule has 0 spiro atoms. The number of hydrogen-bond donors (Lipinski definition) is 1. The van der Waals surface area contributed by atoms with Gasteiger partial charge in [-0.1, -0.05) is 0 Å². The van der Waals surface area contributed by atoms with E-state index in [0.717, 1.165) is 0 Å². The normalized spacial score (nSPS) is 46.5. The Morgan fingerprint density at radius 2 is 2.08 bits per heavy atom. The van der Waals surface area contributed by atoms with E-state index in [1.165, 1.54) is 0 Å². The average Bonchev–Trinajstić information content (AvgIpc) is 2.35. The number of nitrogens with zero attached hydrogens (tertiary/aromatic N) is 1. The first-order chi connectivity index (χ1) is 5.50. The molecule has 0 aromatic carbocycles. The SMILES string of the molecule is CN1C[C@@H]2CC(F)(F)[C@H](O)[C@@H]2C1. The molecule has 2 rings (SSSR count). The summed E-state index contributed by atoms with van der Waals surface area (Å²) in [5.41, 5.74) is 0. The van der Waals surface area contributed by atoms with Crippen LogP contribution in [-0.2, 0) is 0 Å². The zero-order chi connectivity index (χ0) is 8.93. The van der Waals surface area contributed by atoms with Gasteiger partial charge in [0.15, 0.2) is 0 Å². The van der Waals surface area contributed by atoms with Crippen LogP contribution in [0.2, 0.25) is 0 Å². The van der Waals surface area contributed by atoms with Crippen LogP contribution in [0.3, 0.4) is 0 Å². The molecule has 70 valence electrons. The van der Waals surface area contributed by atoms with Crippen LogP contribution < -0.4 is 0 Å². The Balaban J connectivity index is 2.14. The lowest BCUT2D eigenvalue weighted by molar-refractivity contribution is -0.100. The van der Waals surface area contributed by atoms with Gasteiger partial charge in [-0.2, -0.15) is 0 Å². The Kier molecular flexibility index (Phi) is 1.67. The fourth-order valence-corrected chi connectivity index (χ4v) is 2.48. The highest BCUT2D eigenvalue weighted by Gasteiger charge is 2.56. The number of likely N-dealkylation sites (tertiary alicyclic amines) is 1. The molecule has 2 fully saturated rings. The monoisotopic (exact) mass is 177 g/mol. The van der Waals surface area contributed by atoms with Crippen LogP contribution in [0.1, 0.15) is 6.42 Å². The molecule has 0 aromatic rings. The predicted molar refractivity (Wildman–Crippen MR) is 40.0 cm³/mol. The van der Waals surface area contributed by atoms with E-state index < -0.39 is 12.0 Å². The summed E-state index contributed by atoms with van der Waals surface area (Å²) in [6.45, 7) is 1.32. The second-order valence-electron chi connectivity index (χ2n) is 4.06. The van der Waals surface area contributed by atoms with E-state index in [9.17, 15) is 13.9 Å². The molecule has 1 N–H and O–H groups in total. The van der Waals surface area contributed by atoms with Gasteiger partial charge in [-0.25, -0.2) is 8.78 Å². The maximum atomic E-state index is 12.9. The number of fused-ring (bicyclic) bond motifs is 1. The Morgan fingerprint density at radius 1 is 1.42 bits per heavy atom. The van der Waals surface area contributed by atoms with Crippen molar-refractivity contribution in [1.29, 1.82) is 0 Å². The van der Waals surface area contributed by atoms with Crippen molar-refractivity contribution < 1.29 is 13.9 Å². The van der Waals surface area contributed by atoms with Crippen molar-refractivity contribution in [3.05, 3.63) is 0 Å². The Labute approximate surface area is 70.2 Å². The third-order valence-corrected chi connectivity index (χ3v) is 3.05. The number of hydrogen-bond acceptors (Lipinski definition) is 2. The van der Waals surface area contributed by atoms with Crippen LogP contribution >= 0.6 is 0 Å². The van der Waals surface area contributed by atoms with Gasteiger partial charge in [0, 0.05) is 25.4 Å². The topological polar surface area (TPSA) is 23.5 Å². The van der Waals surface area contributed by atoms with Gasteiger partial charge in [0.05, 0.1) is 0 Å². The molecular formula is C8H13F2NO. The van der Waals surface area contributed by atoms with Gasteiger partial charge in [-0.15, -0.1) is 0 Å². The number of alkyl halides is 2. The molecule has 4 heteroatoms. The second kappa shape index (κ2) is 2.39. The molecule has 1 saturated heterocycles. The summed E-state index contributed by atoms with van der Waals surface area (Å²) in [6, 6.07) is 0.